The Hall–Kier alpha value is 0.250. The van der Waals surface area contributed by atoms with Crippen LogP contribution in [0.3, 0.4) is 0 Å². The Kier molecular flexibility index (Phi) is 7.01. The maximum atomic E-state index is 12.0. The second-order valence-electron chi connectivity index (χ2n) is 4.72. The summed E-state index contributed by atoms with van der Waals surface area (Å²) in [4.78, 5) is 14.4. The van der Waals surface area contributed by atoms with E-state index in [2.05, 4.69) is 34.0 Å². The zero-order valence-corrected chi connectivity index (χ0v) is 14.8. The van der Waals surface area contributed by atoms with Crippen LogP contribution in [0.5, 0.6) is 0 Å². The molecule has 0 unspecified atom stereocenters. The Bertz CT molecular complexity index is 396. The van der Waals surface area contributed by atoms with Gasteiger partial charge in [-0.15, -0.1) is 11.3 Å². The molecule has 0 fully saturated rings. The second kappa shape index (κ2) is 8.52. The first-order chi connectivity index (χ1) is 9.31. The first kappa shape index (κ1) is 15.6. The van der Waals surface area contributed by atoms with E-state index < -0.39 is 0 Å². The molecule has 0 saturated carbocycles. The number of fused-ring (bicyclic) bond motifs is 1. The van der Waals surface area contributed by atoms with Gasteiger partial charge in [-0.25, -0.2) is 0 Å². The first-order valence-electron chi connectivity index (χ1n) is 6.84. The Morgan fingerprint density at radius 2 is 2.16 bits per heavy atom. The minimum absolute atomic E-state index is 0.123. The predicted molar refractivity (Wildman–Crippen MR) is 93.9 cm³/mol. The maximum absolute atomic E-state index is 12.0. The zero-order chi connectivity index (χ0) is 13.5. The minimum atomic E-state index is 0.123. The Labute approximate surface area is 137 Å². The molecule has 1 aromatic rings. The van der Waals surface area contributed by atoms with Gasteiger partial charge in [0.25, 0.3) is 5.91 Å². The molecule has 0 aromatic carbocycles. The lowest BCUT2D eigenvalue weighted by Crippen LogP contribution is -2.23. The van der Waals surface area contributed by atoms with Crippen molar-refractivity contribution in [2.24, 2.45) is 0 Å². The summed E-state index contributed by atoms with van der Waals surface area (Å²) in [5.41, 5.74) is 1.38. The molecule has 1 aromatic heterocycles. The quantitative estimate of drug-likeness (QED) is 0.414. The van der Waals surface area contributed by atoms with Crippen LogP contribution in [0.4, 0.5) is 0 Å². The Morgan fingerprint density at radius 1 is 1.32 bits per heavy atom. The van der Waals surface area contributed by atoms with Crippen LogP contribution in [0.25, 0.3) is 0 Å². The highest BCUT2D eigenvalue weighted by molar-refractivity contribution is 14.1. The van der Waals surface area contributed by atoms with Gasteiger partial charge >= 0.3 is 0 Å². The molecule has 2 nitrogen and oxygen atoms in total. The third-order valence-corrected chi connectivity index (χ3v) is 6.20. The number of thiophene rings is 1. The monoisotopic (exact) mass is 409 g/mol. The van der Waals surface area contributed by atoms with Gasteiger partial charge in [0.15, 0.2) is 0 Å². The molecule has 1 aliphatic rings. The number of rotatable bonds is 7. The largest absolute Gasteiger partial charge is 0.351 e. The lowest BCUT2D eigenvalue weighted by Gasteiger charge is -2.08. The summed E-state index contributed by atoms with van der Waals surface area (Å²) in [6, 6.07) is 2.09. The van der Waals surface area contributed by atoms with Crippen molar-refractivity contribution in [2.75, 3.05) is 16.7 Å². The standard InChI is InChI=1S/C14H20INOS2/c15-6-3-1-2-4-7-16-14(17)13-9-11-10-18-8-5-12(11)19-13/h9H,1-8,10H2,(H,16,17). The van der Waals surface area contributed by atoms with E-state index in [0.29, 0.717) is 0 Å². The zero-order valence-electron chi connectivity index (χ0n) is 11.0. The van der Waals surface area contributed by atoms with Crippen molar-refractivity contribution in [3.05, 3.63) is 21.4 Å². The third kappa shape index (κ3) is 4.93. The van der Waals surface area contributed by atoms with E-state index in [1.807, 2.05) is 11.8 Å². The van der Waals surface area contributed by atoms with E-state index in [-0.39, 0.29) is 5.91 Å². The molecule has 19 heavy (non-hydrogen) atoms. The molecule has 0 spiro atoms. The Balaban J connectivity index is 1.72. The van der Waals surface area contributed by atoms with Crippen molar-refractivity contribution < 1.29 is 4.79 Å². The topological polar surface area (TPSA) is 29.1 Å². The summed E-state index contributed by atoms with van der Waals surface area (Å²) >= 11 is 6.07. The van der Waals surface area contributed by atoms with E-state index >= 15 is 0 Å². The number of carbonyl (C=O) groups is 1. The van der Waals surface area contributed by atoms with Crippen molar-refractivity contribution in [2.45, 2.75) is 37.9 Å². The number of thioether (sulfide) groups is 1. The van der Waals surface area contributed by atoms with E-state index in [1.165, 1.54) is 39.9 Å². The van der Waals surface area contributed by atoms with Crippen molar-refractivity contribution in [3.63, 3.8) is 0 Å². The average Bonchev–Trinajstić information content (AvgIpc) is 2.86. The van der Waals surface area contributed by atoms with Crippen molar-refractivity contribution in [3.8, 4) is 0 Å². The number of halogens is 1. The number of hydrogen-bond donors (Lipinski definition) is 1. The van der Waals surface area contributed by atoms with Gasteiger partial charge in [0.2, 0.25) is 0 Å². The fourth-order valence-electron chi connectivity index (χ4n) is 2.12. The van der Waals surface area contributed by atoms with E-state index in [0.717, 1.165) is 30.0 Å². The van der Waals surface area contributed by atoms with Gasteiger partial charge in [0.1, 0.15) is 0 Å². The number of aryl methyl sites for hydroxylation is 1. The summed E-state index contributed by atoms with van der Waals surface area (Å²) in [6.45, 7) is 0.817. The SMILES string of the molecule is O=C(NCCCCCCI)c1cc2c(s1)CCSC2. The lowest BCUT2D eigenvalue weighted by atomic mass is 10.2. The number of nitrogens with one attached hydrogen (secondary N) is 1. The fourth-order valence-corrected chi connectivity index (χ4v) is 4.95. The molecular formula is C14H20INOS2. The van der Waals surface area contributed by atoms with Gasteiger partial charge < -0.3 is 5.32 Å². The van der Waals surface area contributed by atoms with Crippen LogP contribution >= 0.6 is 45.7 Å². The van der Waals surface area contributed by atoms with Crippen LogP contribution in [0.2, 0.25) is 0 Å². The highest BCUT2D eigenvalue weighted by Gasteiger charge is 2.16. The molecule has 0 radical (unpaired) electrons. The normalized spacial score (nSPS) is 14.2. The van der Waals surface area contributed by atoms with Gasteiger partial charge in [-0.1, -0.05) is 35.4 Å². The number of amides is 1. The highest BCUT2D eigenvalue weighted by atomic mass is 127. The highest BCUT2D eigenvalue weighted by Crippen LogP contribution is 2.31. The number of alkyl halides is 1. The van der Waals surface area contributed by atoms with E-state index in [9.17, 15) is 4.79 Å². The summed E-state index contributed by atoms with van der Waals surface area (Å²) in [5, 5.41) is 3.05. The first-order valence-corrected chi connectivity index (χ1v) is 10.3. The van der Waals surface area contributed by atoms with Crippen LogP contribution in [0.1, 0.15) is 45.8 Å². The van der Waals surface area contributed by atoms with Gasteiger partial charge in [-0.3, -0.25) is 4.79 Å². The van der Waals surface area contributed by atoms with Crippen LogP contribution in [0, 0.1) is 0 Å². The third-order valence-electron chi connectivity index (χ3n) is 3.20. The molecule has 106 valence electrons. The second-order valence-corrected chi connectivity index (χ2v) is 8.04. The maximum Gasteiger partial charge on any atom is 0.261 e. The van der Waals surface area contributed by atoms with Crippen molar-refractivity contribution >= 4 is 51.6 Å². The van der Waals surface area contributed by atoms with Crippen LogP contribution in [-0.4, -0.2) is 22.6 Å². The van der Waals surface area contributed by atoms with E-state index in [4.69, 9.17) is 0 Å². The van der Waals surface area contributed by atoms with Gasteiger partial charge in [0.05, 0.1) is 4.88 Å². The van der Waals surface area contributed by atoms with Crippen molar-refractivity contribution in [1.82, 2.24) is 5.32 Å². The van der Waals surface area contributed by atoms with Crippen molar-refractivity contribution in [1.29, 1.82) is 0 Å². The molecule has 0 bridgehead atoms. The van der Waals surface area contributed by atoms with Gasteiger partial charge in [-0.05, 0) is 41.1 Å². The predicted octanol–water partition coefficient (Wildman–Crippen LogP) is 4.26. The molecule has 1 N–H and O–H groups in total. The molecule has 5 heteroatoms. The van der Waals surface area contributed by atoms with Crippen LogP contribution in [0.15, 0.2) is 6.07 Å². The summed E-state index contributed by atoms with van der Waals surface area (Å²) < 4.78 is 1.24. The fraction of sp³-hybridized carbons (Fsp3) is 0.643. The van der Waals surface area contributed by atoms with Crippen LogP contribution < -0.4 is 5.32 Å². The molecule has 1 amide bonds. The molecular weight excluding hydrogens is 389 g/mol. The van der Waals surface area contributed by atoms with E-state index in [1.54, 1.807) is 11.3 Å². The number of carbonyl (C=O) groups excluding carboxylic acids is 1. The molecule has 2 heterocycles. The van der Waals surface area contributed by atoms with Crippen LogP contribution in [-0.2, 0) is 12.2 Å². The molecule has 0 aliphatic carbocycles. The number of unbranched alkanes of at least 4 members (excludes halogenated alkanes) is 3. The minimum Gasteiger partial charge on any atom is -0.351 e. The summed E-state index contributed by atoms with van der Waals surface area (Å²) in [5.74, 6) is 2.40. The molecule has 0 atom stereocenters. The lowest BCUT2D eigenvalue weighted by molar-refractivity contribution is 0.0957. The average molecular weight is 409 g/mol. The molecule has 0 saturated heterocycles. The smallest absolute Gasteiger partial charge is 0.261 e. The molecule has 1 aliphatic heterocycles. The molecule has 2 rings (SSSR count). The van der Waals surface area contributed by atoms with Gasteiger partial charge in [-0.2, -0.15) is 11.8 Å². The summed E-state index contributed by atoms with van der Waals surface area (Å²) in [6.07, 6.45) is 6.03. The number of hydrogen-bond acceptors (Lipinski definition) is 3. The Morgan fingerprint density at radius 3 is 2.95 bits per heavy atom. The van der Waals surface area contributed by atoms with Gasteiger partial charge in [0, 0.05) is 17.2 Å². The summed E-state index contributed by atoms with van der Waals surface area (Å²) in [7, 11) is 0.